The monoisotopic (exact) mass is 315 g/mol. The van der Waals surface area contributed by atoms with E-state index in [0.29, 0.717) is 12.4 Å². The van der Waals surface area contributed by atoms with Crippen molar-refractivity contribution in [1.82, 2.24) is 9.88 Å². The average molecular weight is 315 g/mol. The Bertz CT molecular complexity index is 655. The molecule has 2 heterocycles. The third-order valence-electron chi connectivity index (χ3n) is 5.03. The number of anilines is 1. The highest BCUT2D eigenvalue weighted by Crippen LogP contribution is 2.52. The van der Waals surface area contributed by atoms with Crippen molar-refractivity contribution in [2.24, 2.45) is 10.8 Å². The normalized spacial score (nSPS) is 28.5. The van der Waals surface area contributed by atoms with Crippen LogP contribution in [0.1, 0.15) is 45.6 Å². The first-order chi connectivity index (χ1) is 10.7. The van der Waals surface area contributed by atoms with Crippen LogP contribution in [0.4, 0.5) is 5.82 Å². The van der Waals surface area contributed by atoms with Gasteiger partial charge in [0.2, 0.25) is 0 Å². The lowest BCUT2D eigenvalue weighted by molar-refractivity contribution is -0.144. The fourth-order valence-corrected chi connectivity index (χ4v) is 4.60. The maximum absolute atomic E-state index is 12.6. The van der Waals surface area contributed by atoms with Crippen LogP contribution in [0.2, 0.25) is 0 Å². The number of nitrogens with one attached hydrogen (secondary N) is 1. The molecule has 2 unspecified atom stereocenters. The van der Waals surface area contributed by atoms with E-state index in [4.69, 9.17) is 0 Å². The number of aryl methyl sites for hydroxylation is 1. The SMILES string of the molecule is Cc1ccnc(NC(=O)C(=O)N2CC3(C)CC2CC(C)(C)C3)c1. The van der Waals surface area contributed by atoms with E-state index in [0.717, 1.165) is 24.8 Å². The molecule has 0 aromatic carbocycles. The number of fused-ring (bicyclic) bond motifs is 2. The predicted molar refractivity (Wildman–Crippen MR) is 88.8 cm³/mol. The summed E-state index contributed by atoms with van der Waals surface area (Å²) in [5, 5.41) is 2.63. The quantitative estimate of drug-likeness (QED) is 0.811. The summed E-state index contributed by atoms with van der Waals surface area (Å²) in [6.07, 6.45) is 4.69. The van der Waals surface area contributed by atoms with Crippen molar-refractivity contribution in [2.75, 3.05) is 11.9 Å². The van der Waals surface area contributed by atoms with E-state index in [-0.39, 0.29) is 16.9 Å². The molecule has 1 aliphatic carbocycles. The molecule has 1 aromatic rings. The van der Waals surface area contributed by atoms with E-state index in [1.165, 1.54) is 0 Å². The van der Waals surface area contributed by atoms with Gasteiger partial charge in [-0.05, 0) is 54.7 Å². The number of hydrogen-bond donors (Lipinski definition) is 1. The lowest BCUT2D eigenvalue weighted by Gasteiger charge is -2.39. The molecule has 5 nitrogen and oxygen atoms in total. The summed E-state index contributed by atoms with van der Waals surface area (Å²) in [5.74, 6) is -0.589. The van der Waals surface area contributed by atoms with Gasteiger partial charge in [0.05, 0.1) is 0 Å². The van der Waals surface area contributed by atoms with E-state index in [1.54, 1.807) is 17.2 Å². The molecule has 124 valence electrons. The molecule has 23 heavy (non-hydrogen) atoms. The second-order valence-corrected chi connectivity index (χ2v) is 8.32. The Hall–Kier alpha value is -1.91. The van der Waals surface area contributed by atoms with Crippen LogP contribution in [0.25, 0.3) is 0 Å². The Labute approximate surface area is 137 Å². The van der Waals surface area contributed by atoms with Crippen molar-refractivity contribution in [3.05, 3.63) is 23.9 Å². The molecule has 2 bridgehead atoms. The number of carbonyl (C=O) groups is 2. The Balaban J connectivity index is 1.72. The molecule has 1 saturated carbocycles. The summed E-state index contributed by atoms with van der Waals surface area (Å²) in [5.41, 5.74) is 1.35. The zero-order valence-corrected chi connectivity index (χ0v) is 14.3. The average Bonchev–Trinajstić information content (AvgIpc) is 2.67. The lowest BCUT2D eigenvalue weighted by atomic mass is 9.65. The molecule has 2 fully saturated rings. The number of hydrogen-bond acceptors (Lipinski definition) is 3. The molecular formula is C18H25N3O2. The number of carbonyl (C=O) groups excluding carboxylic acids is 2. The zero-order valence-electron chi connectivity index (χ0n) is 14.3. The number of rotatable bonds is 1. The molecule has 2 atom stereocenters. The molecule has 1 N–H and O–H groups in total. The van der Waals surface area contributed by atoms with Gasteiger partial charge in [0.25, 0.3) is 0 Å². The van der Waals surface area contributed by atoms with Gasteiger partial charge in [-0.2, -0.15) is 0 Å². The highest BCUT2D eigenvalue weighted by molar-refractivity contribution is 6.39. The van der Waals surface area contributed by atoms with Crippen molar-refractivity contribution in [3.63, 3.8) is 0 Å². The van der Waals surface area contributed by atoms with Crippen LogP contribution in [-0.4, -0.2) is 34.3 Å². The number of pyridine rings is 1. The molecule has 0 spiro atoms. The maximum Gasteiger partial charge on any atom is 0.315 e. The van der Waals surface area contributed by atoms with Gasteiger partial charge in [-0.3, -0.25) is 9.59 Å². The van der Waals surface area contributed by atoms with Gasteiger partial charge < -0.3 is 10.2 Å². The molecular weight excluding hydrogens is 290 g/mol. The third kappa shape index (κ3) is 3.23. The van der Waals surface area contributed by atoms with Crippen molar-refractivity contribution >= 4 is 17.6 Å². The first-order valence-corrected chi connectivity index (χ1v) is 8.22. The molecule has 3 rings (SSSR count). The maximum atomic E-state index is 12.6. The van der Waals surface area contributed by atoms with E-state index in [1.807, 2.05) is 13.0 Å². The summed E-state index contributed by atoms with van der Waals surface area (Å²) in [6.45, 7) is 9.33. The zero-order chi connectivity index (χ0) is 16.8. The summed E-state index contributed by atoms with van der Waals surface area (Å²) in [4.78, 5) is 30.8. The van der Waals surface area contributed by atoms with Crippen LogP contribution in [0.3, 0.4) is 0 Å². The van der Waals surface area contributed by atoms with E-state index >= 15 is 0 Å². The van der Waals surface area contributed by atoms with Crippen molar-refractivity contribution in [1.29, 1.82) is 0 Å². The van der Waals surface area contributed by atoms with Crippen LogP contribution >= 0.6 is 0 Å². The van der Waals surface area contributed by atoms with Crippen LogP contribution in [0.15, 0.2) is 18.3 Å². The third-order valence-corrected chi connectivity index (χ3v) is 5.03. The lowest BCUT2D eigenvalue weighted by Crippen LogP contribution is -2.43. The second kappa shape index (κ2) is 5.32. The molecule has 5 heteroatoms. The Morgan fingerprint density at radius 2 is 2.04 bits per heavy atom. The highest BCUT2D eigenvalue weighted by Gasteiger charge is 2.51. The summed E-state index contributed by atoms with van der Waals surface area (Å²) in [7, 11) is 0. The van der Waals surface area contributed by atoms with Gasteiger partial charge in [0.15, 0.2) is 0 Å². The minimum Gasteiger partial charge on any atom is -0.331 e. The van der Waals surface area contributed by atoms with Gasteiger partial charge >= 0.3 is 11.8 Å². The molecule has 2 amide bonds. The number of amides is 2. The first-order valence-electron chi connectivity index (χ1n) is 8.22. The van der Waals surface area contributed by atoms with Crippen LogP contribution in [0.5, 0.6) is 0 Å². The minimum absolute atomic E-state index is 0.129. The number of nitrogens with zero attached hydrogens (tertiary/aromatic N) is 2. The fourth-order valence-electron chi connectivity index (χ4n) is 4.60. The summed E-state index contributed by atoms with van der Waals surface area (Å²) < 4.78 is 0. The predicted octanol–water partition coefficient (Wildman–Crippen LogP) is 2.76. The van der Waals surface area contributed by atoms with Crippen LogP contribution in [0, 0.1) is 17.8 Å². The summed E-state index contributed by atoms with van der Waals surface area (Å²) >= 11 is 0. The van der Waals surface area contributed by atoms with Crippen LogP contribution in [-0.2, 0) is 9.59 Å². The smallest absolute Gasteiger partial charge is 0.315 e. The van der Waals surface area contributed by atoms with Crippen molar-refractivity contribution in [2.45, 2.75) is 53.0 Å². The van der Waals surface area contributed by atoms with E-state index in [9.17, 15) is 9.59 Å². The Kier molecular flexibility index (Phi) is 3.69. The van der Waals surface area contributed by atoms with Gasteiger partial charge in [-0.25, -0.2) is 4.98 Å². The van der Waals surface area contributed by atoms with E-state index < -0.39 is 11.8 Å². The minimum atomic E-state index is -0.586. The van der Waals surface area contributed by atoms with Gasteiger partial charge in [0.1, 0.15) is 5.82 Å². The van der Waals surface area contributed by atoms with Crippen molar-refractivity contribution in [3.8, 4) is 0 Å². The largest absolute Gasteiger partial charge is 0.331 e. The first kappa shape index (κ1) is 16.0. The van der Waals surface area contributed by atoms with Crippen molar-refractivity contribution < 1.29 is 9.59 Å². The molecule has 2 aliphatic rings. The van der Waals surface area contributed by atoms with Crippen LogP contribution < -0.4 is 5.32 Å². The molecule has 0 radical (unpaired) electrons. The molecule has 1 aromatic heterocycles. The molecule has 1 saturated heterocycles. The molecule has 1 aliphatic heterocycles. The Morgan fingerprint density at radius 3 is 2.74 bits per heavy atom. The number of likely N-dealkylation sites (tertiary alicyclic amines) is 1. The van der Waals surface area contributed by atoms with Gasteiger partial charge in [-0.1, -0.05) is 20.8 Å². The topological polar surface area (TPSA) is 62.3 Å². The second-order valence-electron chi connectivity index (χ2n) is 8.32. The summed E-state index contributed by atoms with van der Waals surface area (Å²) in [6, 6.07) is 3.79. The fraction of sp³-hybridized carbons (Fsp3) is 0.611. The van der Waals surface area contributed by atoms with Gasteiger partial charge in [0, 0.05) is 18.8 Å². The Morgan fingerprint density at radius 1 is 1.30 bits per heavy atom. The van der Waals surface area contributed by atoms with E-state index in [2.05, 4.69) is 31.1 Å². The standard InChI is InChI=1S/C18H25N3O2/c1-12-5-6-19-14(7-12)20-15(22)16(23)21-11-18(4)9-13(21)8-17(2,3)10-18/h5-7,13H,8-11H2,1-4H3,(H,19,20,22). The highest BCUT2D eigenvalue weighted by atomic mass is 16.2. The number of aromatic nitrogens is 1. The van der Waals surface area contributed by atoms with Gasteiger partial charge in [-0.15, -0.1) is 0 Å².